The van der Waals surface area contributed by atoms with Crippen LogP contribution in [0.5, 0.6) is 0 Å². The summed E-state index contributed by atoms with van der Waals surface area (Å²) in [4.78, 5) is 6.90. The number of pyridine rings is 1. The largest absolute Gasteiger partial charge is 0.314 e. The first kappa shape index (κ1) is 17.2. The molecule has 0 aliphatic carbocycles. The predicted molar refractivity (Wildman–Crippen MR) is 107 cm³/mol. The summed E-state index contributed by atoms with van der Waals surface area (Å²) in [5, 5.41) is 4.31. The van der Waals surface area contributed by atoms with Crippen molar-refractivity contribution in [1.29, 1.82) is 0 Å². The van der Waals surface area contributed by atoms with Crippen LogP contribution in [0.15, 0.2) is 73.1 Å². The molecule has 26 heavy (non-hydrogen) atoms. The molecule has 1 aromatic heterocycles. The van der Waals surface area contributed by atoms with Gasteiger partial charge < -0.3 is 5.32 Å². The molecule has 1 aliphatic heterocycles. The van der Waals surface area contributed by atoms with Gasteiger partial charge in [0, 0.05) is 55.2 Å². The number of benzene rings is 2. The summed E-state index contributed by atoms with van der Waals surface area (Å²) in [5.74, 6) is 0. The molecular formula is C22H22ClN3. The second-order valence-corrected chi connectivity index (χ2v) is 7.08. The zero-order chi connectivity index (χ0) is 17.8. The molecule has 1 unspecified atom stereocenters. The Kier molecular flexibility index (Phi) is 5.30. The van der Waals surface area contributed by atoms with Gasteiger partial charge in [0.15, 0.2) is 0 Å². The minimum Gasteiger partial charge on any atom is -0.314 e. The van der Waals surface area contributed by atoms with Crippen molar-refractivity contribution in [1.82, 2.24) is 15.2 Å². The van der Waals surface area contributed by atoms with Gasteiger partial charge in [-0.25, -0.2) is 0 Å². The van der Waals surface area contributed by atoms with Crippen LogP contribution in [0.1, 0.15) is 17.2 Å². The lowest BCUT2D eigenvalue weighted by molar-refractivity contribution is 0.154. The molecule has 1 N–H and O–H groups in total. The molecule has 0 amide bonds. The van der Waals surface area contributed by atoms with Crippen LogP contribution in [0, 0.1) is 0 Å². The molecule has 2 aromatic carbocycles. The molecule has 1 fully saturated rings. The van der Waals surface area contributed by atoms with Gasteiger partial charge in [-0.3, -0.25) is 9.88 Å². The summed E-state index contributed by atoms with van der Waals surface area (Å²) in [6, 6.07) is 21.2. The van der Waals surface area contributed by atoms with Crippen molar-refractivity contribution < 1.29 is 0 Å². The zero-order valence-electron chi connectivity index (χ0n) is 14.6. The van der Waals surface area contributed by atoms with Gasteiger partial charge in [0.2, 0.25) is 0 Å². The molecule has 0 spiro atoms. The van der Waals surface area contributed by atoms with Crippen molar-refractivity contribution in [3.8, 4) is 11.1 Å². The van der Waals surface area contributed by atoms with Crippen LogP contribution in [-0.2, 0) is 6.54 Å². The predicted octanol–water partition coefficient (Wildman–Crippen LogP) is 4.55. The number of nitrogens with one attached hydrogen (secondary N) is 1. The minimum absolute atomic E-state index is 0.345. The molecule has 1 aliphatic rings. The van der Waals surface area contributed by atoms with Gasteiger partial charge in [-0.15, -0.1) is 0 Å². The van der Waals surface area contributed by atoms with E-state index in [2.05, 4.69) is 57.7 Å². The average Bonchev–Trinajstić information content (AvgIpc) is 2.70. The van der Waals surface area contributed by atoms with E-state index in [0.29, 0.717) is 6.04 Å². The number of hydrogen-bond donors (Lipinski definition) is 1. The van der Waals surface area contributed by atoms with Gasteiger partial charge >= 0.3 is 0 Å². The molecule has 4 rings (SSSR count). The highest BCUT2D eigenvalue weighted by Gasteiger charge is 2.24. The fourth-order valence-electron chi connectivity index (χ4n) is 3.61. The first-order valence-electron chi connectivity index (χ1n) is 9.00. The molecule has 132 valence electrons. The van der Waals surface area contributed by atoms with Crippen molar-refractivity contribution >= 4 is 11.6 Å². The van der Waals surface area contributed by atoms with Crippen LogP contribution in [0.4, 0.5) is 0 Å². The third kappa shape index (κ3) is 3.80. The molecule has 1 atom stereocenters. The van der Waals surface area contributed by atoms with Gasteiger partial charge in [-0.1, -0.05) is 54.1 Å². The molecule has 0 saturated carbocycles. The van der Waals surface area contributed by atoms with Crippen molar-refractivity contribution in [2.45, 2.75) is 12.6 Å². The van der Waals surface area contributed by atoms with E-state index >= 15 is 0 Å². The summed E-state index contributed by atoms with van der Waals surface area (Å²) in [6.45, 7) is 3.88. The van der Waals surface area contributed by atoms with Crippen LogP contribution in [0.3, 0.4) is 0 Å². The number of hydrogen-bond acceptors (Lipinski definition) is 3. The van der Waals surface area contributed by atoms with E-state index in [9.17, 15) is 0 Å². The highest BCUT2D eigenvalue weighted by molar-refractivity contribution is 6.30. The molecule has 3 aromatic rings. The maximum Gasteiger partial charge on any atom is 0.0476 e. The highest BCUT2D eigenvalue weighted by atomic mass is 35.5. The van der Waals surface area contributed by atoms with E-state index in [1.165, 1.54) is 22.3 Å². The molecule has 1 saturated heterocycles. The summed E-state index contributed by atoms with van der Waals surface area (Å²) in [7, 11) is 0. The van der Waals surface area contributed by atoms with E-state index in [-0.39, 0.29) is 0 Å². The number of nitrogens with zero attached hydrogens (tertiary/aromatic N) is 2. The second-order valence-electron chi connectivity index (χ2n) is 6.64. The molecule has 4 heteroatoms. The fourth-order valence-corrected chi connectivity index (χ4v) is 3.73. The minimum atomic E-state index is 0.345. The summed E-state index contributed by atoms with van der Waals surface area (Å²) >= 11 is 6.07. The van der Waals surface area contributed by atoms with Crippen molar-refractivity contribution in [2.75, 3.05) is 19.6 Å². The Morgan fingerprint density at radius 2 is 1.85 bits per heavy atom. The summed E-state index contributed by atoms with van der Waals surface area (Å²) in [6.07, 6.45) is 3.87. The third-order valence-corrected chi connectivity index (χ3v) is 5.23. The molecule has 2 heterocycles. The fraction of sp³-hybridized carbons (Fsp3) is 0.227. The topological polar surface area (TPSA) is 28.2 Å². The second kappa shape index (κ2) is 8.00. The van der Waals surface area contributed by atoms with Gasteiger partial charge in [-0.05, 0) is 34.9 Å². The maximum atomic E-state index is 6.07. The van der Waals surface area contributed by atoms with Gasteiger partial charge in [-0.2, -0.15) is 0 Å². The monoisotopic (exact) mass is 363 g/mol. The van der Waals surface area contributed by atoms with Crippen LogP contribution in [0.2, 0.25) is 5.02 Å². The quantitative estimate of drug-likeness (QED) is 0.737. The van der Waals surface area contributed by atoms with Crippen molar-refractivity contribution in [2.24, 2.45) is 0 Å². The van der Waals surface area contributed by atoms with E-state index in [1.54, 1.807) is 0 Å². The first-order chi connectivity index (χ1) is 12.8. The van der Waals surface area contributed by atoms with Gasteiger partial charge in [0.1, 0.15) is 0 Å². The Morgan fingerprint density at radius 1 is 1.04 bits per heavy atom. The van der Waals surface area contributed by atoms with Crippen LogP contribution in [0.25, 0.3) is 11.1 Å². The third-order valence-electron chi connectivity index (χ3n) is 4.98. The maximum absolute atomic E-state index is 6.07. The normalized spacial score (nSPS) is 18.0. The van der Waals surface area contributed by atoms with Gasteiger partial charge in [0.25, 0.3) is 0 Å². The highest BCUT2D eigenvalue weighted by Crippen LogP contribution is 2.29. The van der Waals surface area contributed by atoms with Crippen LogP contribution < -0.4 is 5.32 Å². The Balaban J connectivity index is 1.62. The van der Waals surface area contributed by atoms with E-state index in [1.807, 2.05) is 30.6 Å². The van der Waals surface area contributed by atoms with E-state index in [0.717, 1.165) is 31.2 Å². The van der Waals surface area contributed by atoms with E-state index < -0.39 is 0 Å². The molecule has 0 bridgehead atoms. The average molecular weight is 364 g/mol. The van der Waals surface area contributed by atoms with Gasteiger partial charge in [0.05, 0.1) is 0 Å². The van der Waals surface area contributed by atoms with Crippen molar-refractivity contribution in [3.63, 3.8) is 0 Å². The lowest BCUT2D eigenvalue weighted by Crippen LogP contribution is -2.45. The molecule has 0 radical (unpaired) electrons. The number of aromatic nitrogens is 1. The Morgan fingerprint density at radius 3 is 2.65 bits per heavy atom. The van der Waals surface area contributed by atoms with Crippen LogP contribution >= 0.6 is 11.6 Å². The lowest BCUT2D eigenvalue weighted by Gasteiger charge is -2.37. The van der Waals surface area contributed by atoms with Crippen molar-refractivity contribution in [3.05, 3.63) is 89.2 Å². The standard InChI is InChI=1S/C22H22ClN3/c23-20-8-6-18(7-9-20)22-15-25-12-13-26(22)16-19-10-11-24-14-21(19)17-4-2-1-3-5-17/h1-11,14,22,25H,12-13,15-16H2. The molecule has 3 nitrogen and oxygen atoms in total. The summed E-state index contributed by atoms with van der Waals surface area (Å²) < 4.78 is 0. The van der Waals surface area contributed by atoms with Crippen LogP contribution in [-0.4, -0.2) is 29.5 Å². The van der Waals surface area contributed by atoms with E-state index in [4.69, 9.17) is 11.6 Å². The number of piperazine rings is 1. The number of halogens is 1. The smallest absolute Gasteiger partial charge is 0.0476 e. The number of rotatable bonds is 4. The zero-order valence-corrected chi connectivity index (χ0v) is 15.4. The molecular weight excluding hydrogens is 342 g/mol. The SMILES string of the molecule is Clc1ccc(C2CNCCN2Cc2ccncc2-c2ccccc2)cc1. The Bertz CT molecular complexity index is 849. The lowest BCUT2D eigenvalue weighted by atomic mass is 9.99. The Hall–Kier alpha value is -2.20. The Labute approximate surface area is 159 Å². The summed E-state index contributed by atoms with van der Waals surface area (Å²) in [5.41, 5.74) is 5.04. The first-order valence-corrected chi connectivity index (χ1v) is 9.37.